The van der Waals surface area contributed by atoms with Crippen LogP contribution < -0.4 is 10.1 Å². The van der Waals surface area contributed by atoms with E-state index in [9.17, 15) is 9.59 Å². The molecule has 2 aromatic rings. The molecule has 0 spiro atoms. The predicted octanol–water partition coefficient (Wildman–Crippen LogP) is 3.61. The van der Waals surface area contributed by atoms with Crippen LogP contribution in [0.4, 0.5) is 0 Å². The molecule has 1 N–H and O–H groups in total. The number of hydrogen-bond donors (Lipinski definition) is 1. The Labute approximate surface area is 174 Å². The van der Waals surface area contributed by atoms with Crippen LogP contribution in [0, 0.1) is 3.57 Å². The second-order valence-corrected chi connectivity index (χ2v) is 7.83. The molecule has 0 aliphatic rings. The van der Waals surface area contributed by atoms with Gasteiger partial charge in [-0.05, 0) is 73.2 Å². The summed E-state index contributed by atoms with van der Waals surface area (Å²) in [6, 6.07) is 16.5. The summed E-state index contributed by atoms with van der Waals surface area (Å²) in [5, 5.41) is 2.87. The van der Waals surface area contributed by atoms with Crippen molar-refractivity contribution in [2.45, 2.75) is 39.4 Å². The Morgan fingerprint density at radius 2 is 1.67 bits per heavy atom. The Bertz CT molecular complexity index is 748. The topological polar surface area (TPSA) is 58.6 Å². The number of ether oxygens (including phenoxy) is 1. The molecular weight excluding hydrogens is 455 g/mol. The first-order valence-corrected chi connectivity index (χ1v) is 9.97. The molecule has 0 unspecified atom stereocenters. The molecule has 0 saturated heterocycles. The lowest BCUT2D eigenvalue weighted by Gasteiger charge is -2.29. The van der Waals surface area contributed by atoms with Gasteiger partial charge in [0, 0.05) is 16.2 Å². The maximum Gasteiger partial charge on any atom is 0.261 e. The Balaban J connectivity index is 2.10. The van der Waals surface area contributed by atoms with E-state index in [1.165, 1.54) is 0 Å². The van der Waals surface area contributed by atoms with Crippen LogP contribution in [0.25, 0.3) is 0 Å². The highest BCUT2D eigenvalue weighted by atomic mass is 127. The molecule has 144 valence electrons. The first kappa shape index (κ1) is 21.2. The molecule has 2 aromatic carbocycles. The van der Waals surface area contributed by atoms with Gasteiger partial charge in [0.1, 0.15) is 11.8 Å². The molecule has 0 heterocycles. The highest BCUT2D eigenvalue weighted by molar-refractivity contribution is 14.1. The number of hydrogen-bond acceptors (Lipinski definition) is 3. The van der Waals surface area contributed by atoms with E-state index >= 15 is 0 Å². The minimum absolute atomic E-state index is 0.0108. The molecule has 5 nitrogen and oxygen atoms in total. The van der Waals surface area contributed by atoms with Crippen molar-refractivity contribution >= 4 is 34.4 Å². The molecule has 0 radical (unpaired) electrons. The summed E-state index contributed by atoms with van der Waals surface area (Å²) in [5.41, 5.74) is 0.962. The molecule has 0 saturated carbocycles. The number of benzene rings is 2. The van der Waals surface area contributed by atoms with Gasteiger partial charge in [-0.3, -0.25) is 9.59 Å². The van der Waals surface area contributed by atoms with Crippen LogP contribution in [-0.4, -0.2) is 35.4 Å². The van der Waals surface area contributed by atoms with Crippen LogP contribution in [0.5, 0.6) is 5.75 Å². The molecule has 0 aromatic heterocycles. The first-order chi connectivity index (χ1) is 12.9. The van der Waals surface area contributed by atoms with Crippen LogP contribution >= 0.6 is 22.6 Å². The number of nitrogens with one attached hydrogen (secondary N) is 1. The minimum atomic E-state index is -0.597. The monoisotopic (exact) mass is 480 g/mol. The van der Waals surface area contributed by atoms with Crippen molar-refractivity contribution < 1.29 is 14.3 Å². The van der Waals surface area contributed by atoms with E-state index < -0.39 is 6.04 Å². The molecular formula is C21H25IN2O3. The quantitative estimate of drug-likeness (QED) is 0.588. The van der Waals surface area contributed by atoms with E-state index in [0.29, 0.717) is 12.3 Å². The van der Waals surface area contributed by atoms with Gasteiger partial charge in [-0.1, -0.05) is 30.3 Å². The van der Waals surface area contributed by atoms with Gasteiger partial charge in [0.05, 0.1) is 0 Å². The molecule has 0 aliphatic heterocycles. The van der Waals surface area contributed by atoms with Crippen LogP contribution in [-0.2, 0) is 16.1 Å². The minimum Gasteiger partial charge on any atom is -0.484 e. The lowest BCUT2D eigenvalue weighted by atomic mass is 10.1. The molecule has 2 rings (SSSR count). The van der Waals surface area contributed by atoms with Crippen LogP contribution in [0.2, 0.25) is 0 Å². The summed E-state index contributed by atoms with van der Waals surface area (Å²) in [4.78, 5) is 26.8. The summed E-state index contributed by atoms with van der Waals surface area (Å²) in [6.07, 6.45) is 0. The molecule has 1 atom stereocenters. The third kappa shape index (κ3) is 6.86. The van der Waals surface area contributed by atoms with E-state index in [4.69, 9.17) is 4.74 Å². The zero-order chi connectivity index (χ0) is 19.8. The third-order valence-corrected chi connectivity index (χ3v) is 4.69. The highest BCUT2D eigenvalue weighted by Crippen LogP contribution is 2.15. The van der Waals surface area contributed by atoms with Crippen molar-refractivity contribution in [3.05, 3.63) is 63.7 Å². The Hall–Kier alpha value is -2.09. The Morgan fingerprint density at radius 3 is 2.26 bits per heavy atom. The zero-order valence-corrected chi connectivity index (χ0v) is 18.0. The molecule has 0 fully saturated rings. The molecule has 0 aliphatic carbocycles. The van der Waals surface area contributed by atoms with Gasteiger partial charge in [0.15, 0.2) is 6.61 Å². The number of rotatable bonds is 8. The maximum atomic E-state index is 12.8. The van der Waals surface area contributed by atoms with E-state index in [-0.39, 0.29) is 24.5 Å². The number of nitrogens with zero attached hydrogens (tertiary/aromatic N) is 1. The van der Waals surface area contributed by atoms with Gasteiger partial charge >= 0.3 is 0 Å². The van der Waals surface area contributed by atoms with Crippen molar-refractivity contribution in [2.75, 3.05) is 6.61 Å². The Morgan fingerprint density at radius 1 is 1.04 bits per heavy atom. The van der Waals surface area contributed by atoms with Crippen molar-refractivity contribution in [2.24, 2.45) is 0 Å². The smallest absolute Gasteiger partial charge is 0.261 e. The predicted molar refractivity (Wildman–Crippen MR) is 114 cm³/mol. The van der Waals surface area contributed by atoms with Crippen molar-refractivity contribution in [3.8, 4) is 5.75 Å². The van der Waals surface area contributed by atoms with Gasteiger partial charge in [0.25, 0.3) is 5.91 Å². The summed E-state index contributed by atoms with van der Waals surface area (Å²) < 4.78 is 6.72. The van der Waals surface area contributed by atoms with Crippen LogP contribution in [0.1, 0.15) is 26.3 Å². The fraction of sp³-hybridized carbons (Fsp3) is 0.333. The largest absolute Gasteiger partial charge is 0.484 e. The van der Waals surface area contributed by atoms with E-state index in [0.717, 1.165) is 9.13 Å². The van der Waals surface area contributed by atoms with Crippen LogP contribution in [0.15, 0.2) is 54.6 Å². The number of amides is 2. The van der Waals surface area contributed by atoms with Gasteiger partial charge in [-0.2, -0.15) is 0 Å². The lowest BCUT2D eigenvalue weighted by Crippen LogP contribution is -2.50. The standard InChI is InChI=1S/C21H25IN2O3/c1-15(2)23-21(26)16(3)24(13-17-7-5-4-6-8-17)20(25)14-27-19-11-9-18(22)10-12-19/h4-12,15-16H,13-14H2,1-3H3,(H,23,26)/t16-/m1/s1. The number of carbonyl (C=O) groups excluding carboxylic acids is 2. The summed E-state index contributed by atoms with van der Waals surface area (Å²) in [6.45, 7) is 5.76. The fourth-order valence-corrected chi connectivity index (χ4v) is 2.89. The number of carbonyl (C=O) groups is 2. The van der Waals surface area contributed by atoms with Crippen molar-refractivity contribution in [1.29, 1.82) is 0 Å². The zero-order valence-electron chi connectivity index (χ0n) is 15.8. The lowest BCUT2D eigenvalue weighted by molar-refractivity contribution is -0.142. The SMILES string of the molecule is CC(C)NC(=O)[C@@H](C)N(Cc1ccccc1)C(=O)COc1ccc(I)cc1. The molecule has 0 bridgehead atoms. The fourth-order valence-electron chi connectivity index (χ4n) is 2.53. The maximum absolute atomic E-state index is 12.8. The van der Waals surface area contributed by atoms with E-state index in [1.807, 2.05) is 68.4 Å². The van der Waals surface area contributed by atoms with E-state index in [2.05, 4.69) is 27.9 Å². The van der Waals surface area contributed by atoms with Gasteiger partial charge in [0.2, 0.25) is 5.91 Å². The van der Waals surface area contributed by atoms with Gasteiger partial charge in [-0.15, -0.1) is 0 Å². The average Bonchev–Trinajstić information content (AvgIpc) is 2.65. The summed E-state index contributed by atoms with van der Waals surface area (Å²) >= 11 is 2.21. The highest BCUT2D eigenvalue weighted by Gasteiger charge is 2.26. The summed E-state index contributed by atoms with van der Waals surface area (Å²) in [5.74, 6) is 0.218. The van der Waals surface area contributed by atoms with Gasteiger partial charge in [-0.25, -0.2) is 0 Å². The van der Waals surface area contributed by atoms with E-state index in [1.54, 1.807) is 11.8 Å². The van der Waals surface area contributed by atoms with Crippen molar-refractivity contribution in [1.82, 2.24) is 10.2 Å². The Kier molecular flexibility index (Phi) is 8.09. The first-order valence-electron chi connectivity index (χ1n) is 8.89. The van der Waals surface area contributed by atoms with Crippen molar-refractivity contribution in [3.63, 3.8) is 0 Å². The third-order valence-electron chi connectivity index (χ3n) is 3.97. The molecule has 6 heteroatoms. The second kappa shape index (κ2) is 10.3. The molecule has 2 amide bonds. The van der Waals surface area contributed by atoms with Gasteiger partial charge < -0.3 is 15.0 Å². The average molecular weight is 480 g/mol. The summed E-state index contributed by atoms with van der Waals surface area (Å²) in [7, 11) is 0. The van der Waals surface area contributed by atoms with Crippen LogP contribution in [0.3, 0.4) is 0 Å². The number of halogens is 1. The second-order valence-electron chi connectivity index (χ2n) is 6.59. The molecule has 27 heavy (non-hydrogen) atoms. The normalized spacial score (nSPS) is 11.7.